The van der Waals surface area contributed by atoms with E-state index in [1.54, 1.807) is 6.20 Å². The minimum absolute atomic E-state index is 0.157. The van der Waals surface area contributed by atoms with Crippen LogP contribution in [0.5, 0.6) is 0 Å². The fraction of sp³-hybridized carbons (Fsp3) is 0.250. The van der Waals surface area contributed by atoms with Crippen LogP contribution in [0.25, 0.3) is 0 Å². The number of aromatic nitrogens is 2. The number of nitrogens with zero attached hydrogens (tertiary/aromatic N) is 2. The van der Waals surface area contributed by atoms with Crippen molar-refractivity contribution in [3.63, 3.8) is 0 Å². The summed E-state index contributed by atoms with van der Waals surface area (Å²) in [5, 5.41) is 11.9. The molecule has 94 valence electrons. The summed E-state index contributed by atoms with van der Waals surface area (Å²) in [4.78, 5) is 18.9. The van der Waals surface area contributed by atoms with Crippen LogP contribution >= 0.6 is 0 Å². The maximum atomic E-state index is 10.6. The van der Waals surface area contributed by atoms with Gasteiger partial charge in [0, 0.05) is 12.7 Å². The molecule has 18 heavy (non-hydrogen) atoms. The van der Waals surface area contributed by atoms with Gasteiger partial charge in [-0.2, -0.15) is 0 Å². The van der Waals surface area contributed by atoms with Crippen molar-refractivity contribution >= 4 is 5.97 Å². The van der Waals surface area contributed by atoms with Crippen LogP contribution in [0.3, 0.4) is 0 Å². The molecule has 0 aromatic carbocycles. The first-order valence-electron chi connectivity index (χ1n) is 5.45. The van der Waals surface area contributed by atoms with Crippen molar-refractivity contribution < 1.29 is 14.3 Å². The van der Waals surface area contributed by atoms with Gasteiger partial charge in [-0.25, -0.2) is 14.8 Å². The molecule has 2 N–H and O–H groups in total. The zero-order chi connectivity index (χ0) is 13.0. The van der Waals surface area contributed by atoms with Crippen molar-refractivity contribution in [3.8, 4) is 0 Å². The van der Waals surface area contributed by atoms with Crippen LogP contribution in [0, 0.1) is 6.92 Å². The summed E-state index contributed by atoms with van der Waals surface area (Å²) in [6.07, 6.45) is 2.93. The Morgan fingerprint density at radius 1 is 1.50 bits per heavy atom. The number of carboxylic acids is 1. The molecule has 0 saturated heterocycles. The topological polar surface area (TPSA) is 88.2 Å². The number of aryl methyl sites for hydroxylation is 1. The van der Waals surface area contributed by atoms with E-state index in [-0.39, 0.29) is 5.56 Å². The number of rotatable bonds is 5. The Morgan fingerprint density at radius 2 is 2.33 bits per heavy atom. The zero-order valence-corrected chi connectivity index (χ0v) is 9.88. The third-order valence-electron chi connectivity index (χ3n) is 2.34. The van der Waals surface area contributed by atoms with E-state index in [2.05, 4.69) is 15.3 Å². The predicted molar refractivity (Wildman–Crippen MR) is 63.0 cm³/mol. The molecule has 0 fully saturated rings. The quantitative estimate of drug-likeness (QED) is 0.829. The number of furan rings is 1. The van der Waals surface area contributed by atoms with Gasteiger partial charge < -0.3 is 14.8 Å². The SMILES string of the molecule is Cc1nccc(CNCc2cc(C(=O)O)co2)n1. The normalized spacial score (nSPS) is 10.5. The highest BCUT2D eigenvalue weighted by Crippen LogP contribution is 2.07. The van der Waals surface area contributed by atoms with E-state index in [9.17, 15) is 4.79 Å². The molecule has 0 saturated carbocycles. The number of carboxylic acid groups (broad SMARTS) is 1. The van der Waals surface area contributed by atoms with Crippen LogP contribution in [-0.4, -0.2) is 21.0 Å². The van der Waals surface area contributed by atoms with Crippen molar-refractivity contribution in [2.45, 2.75) is 20.0 Å². The van der Waals surface area contributed by atoms with E-state index < -0.39 is 5.97 Å². The van der Waals surface area contributed by atoms with E-state index in [1.165, 1.54) is 12.3 Å². The highest BCUT2D eigenvalue weighted by atomic mass is 16.4. The van der Waals surface area contributed by atoms with Gasteiger partial charge in [0.1, 0.15) is 17.8 Å². The van der Waals surface area contributed by atoms with E-state index in [4.69, 9.17) is 9.52 Å². The molecule has 0 aliphatic carbocycles. The van der Waals surface area contributed by atoms with Crippen LogP contribution in [0.2, 0.25) is 0 Å². The number of hydrogen-bond donors (Lipinski definition) is 2. The highest BCUT2D eigenvalue weighted by molar-refractivity contribution is 5.87. The zero-order valence-electron chi connectivity index (χ0n) is 9.88. The Labute approximate surface area is 104 Å². The second-order valence-corrected chi connectivity index (χ2v) is 3.81. The van der Waals surface area contributed by atoms with Gasteiger partial charge in [-0.3, -0.25) is 0 Å². The van der Waals surface area contributed by atoms with Gasteiger partial charge in [-0.15, -0.1) is 0 Å². The summed E-state index contributed by atoms with van der Waals surface area (Å²) < 4.78 is 5.11. The fourth-order valence-electron chi connectivity index (χ4n) is 1.50. The molecule has 2 rings (SSSR count). The first-order chi connectivity index (χ1) is 8.65. The van der Waals surface area contributed by atoms with E-state index in [0.717, 1.165) is 11.5 Å². The second-order valence-electron chi connectivity index (χ2n) is 3.81. The molecule has 0 amide bonds. The van der Waals surface area contributed by atoms with E-state index in [0.29, 0.717) is 18.8 Å². The molecule has 2 heterocycles. The average molecular weight is 247 g/mol. The molecule has 6 heteroatoms. The van der Waals surface area contributed by atoms with Gasteiger partial charge in [-0.05, 0) is 19.1 Å². The molecule has 0 radical (unpaired) electrons. The largest absolute Gasteiger partial charge is 0.478 e. The number of hydrogen-bond acceptors (Lipinski definition) is 5. The van der Waals surface area contributed by atoms with Crippen LogP contribution in [0.1, 0.15) is 27.6 Å². The smallest absolute Gasteiger partial charge is 0.338 e. The lowest BCUT2D eigenvalue weighted by atomic mass is 10.3. The minimum atomic E-state index is -0.989. The maximum absolute atomic E-state index is 10.6. The lowest BCUT2D eigenvalue weighted by molar-refractivity contribution is 0.0696. The molecule has 0 spiro atoms. The molecule has 2 aromatic rings. The maximum Gasteiger partial charge on any atom is 0.338 e. The third-order valence-corrected chi connectivity index (χ3v) is 2.34. The van der Waals surface area contributed by atoms with Crippen LogP contribution in [0.4, 0.5) is 0 Å². The van der Waals surface area contributed by atoms with Crippen LogP contribution in [-0.2, 0) is 13.1 Å². The molecule has 6 nitrogen and oxygen atoms in total. The lowest BCUT2D eigenvalue weighted by Crippen LogP contribution is -2.13. The van der Waals surface area contributed by atoms with Crippen LogP contribution < -0.4 is 5.32 Å². The summed E-state index contributed by atoms with van der Waals surface area (Å²) in [6.45, 7) is 2.86. The molecule has 0 atom stereocenters. The molecule has 0 aliphatic rings. The molecule has 2 aromatic heterocycles. The molecular formula is C12H13N3O3. The Balaban J connectivity index is 1.86. The van der Waals surface area contributed by atoms with Crippen molar-refractivity contribution in [2.24, 2.45) is 0 Å². The molecule has 0 bridgehead atoms. The standard InChI is InChI=1S/C12H13N3O3/c1-8-14-3-2-10(15-8)5-13-6-11-4-9(7-18-11)12(16)17/h2-4,7,13H,5-6H2,1H3,(H,16,17). The minimum Gasteiger partial charge on any atom is -0.478 e. The number of nitrogens with one attached hydrogen (secondary N) is 1. The second kappa shape index (κ2) is 5.42. The fourth-order valence-corrected chi connectivity index (χ4v) is 1.50. The Morgan fingerprint density at radius 3 is 3.00 bits per heavy atom. The molecule has 0 aliphatic heterocycles. The van der Waals surface area contributed by atoms with Gasteiger partial charge in [0.2, 0.25) is 0 Å². The van der Waals surface area contributed by atoms with E-state index in [1.807, 2.05) is 13.0 Å². The third kappa shape index (κ3) is 3.14. The Kier molecular flexibility index (Phi) is 3.69. The Bertz CT molecular complexity index is 551. The van der Waals surface area contributed by atoms with E-state index >= 15 is 0 Å². The van der Waals surface area contributed by atoms with Gasteiger partial charge in [0.15, 0.2) is 0 Å². The van der Waals surface area contributed by atoms with Crippen molar-refractivity contribution in [1.29, 1.82) is 0 Å². The predicted octanol–water partition coefficient (Wildman–Crippen LogP) is 1.37. The van der Waals surface area contributed by atoms with Crippen molar-refractivity contribution in [1.82, 2.24) is 15.3 Å². The summed E-state index contributed by atoms with van der Waals surface area (Å²) in [6, 6.07) is 3.32. The first kappa shape index (κ1) is 12.3. The number of carbonyl (C=O) groups is 1. The van der Waals surface area contributed by atoms with Crippen LogP contribution in [0.15, 0.2) is 29.0 Å². The highest BCUT2D eigenvalue weighted by Gasteiger charge is 2.07. The summed E-state index contributed by atoms with van der Waals surface area (Å²) in [5.41, 5.74) is 1.04. The number of aromatic carboxylic acids is 1. The van der Waals surface area contributed by atoms with Gasteiger partial charge in [0.05, 0.1) is 17.8 Å². The average Bonchev–Trinajstić information content (AvgIpc) is 2.78. The molecule has 0 unspecified atom stereocenters. The van der Waals surface area contributed by atoms with Gasteiger partial charge in [-0.1, -0.05) is 0 Å². The molecular weight excluding hydrogens is 234 g/mol. The lowest BCUT2D eigenvalue weighted by Gasteiger charge is -2.02. The van der Waals surface area contributed by atoms with Crippen molar-refractivity contribution in [2.75, 3.05) is 0 Å². The van der Waals surface area contributed by atoms with Gasteiger partial charge >= 0.3 is 5.97 Å². The monoisotopic (exact) mass is 247 g/mol. The summed E-state index contributed by atoms with van der Waals surface area (Å²) in [7, 11) is 0. The summed E-state index contributed by atoms with van der Waals surface area (Å²) >= 11 is 0. The Hall–Kier alpha value is -2.21. The van der Waals surface area contributed by atoms with Gasteiger partial charge in [0.25, 0.3) is 0 Å². The summed E-state index contributed by atoms with van der Waals surface area (Å²) in [5.74, 6) is 0.315. The first-order valence-corrected chi connectivity index (χ1v) is 5.45. The van der Waals surface area contributed by atoms with Crippen molar-refractivity contribution in [3.05, 3.63) is 47.4 Å².